The van der Waals surface area contributed by atoms with Gasteiger partial charge in [-0.25, -0.2) is 0 Å². The second-order valence-electron chi connectivity index (χ2n) is 6.67. The number of anilines is 1. The van der Waals surface area contributed by atoms with Gasteiger partial charge < -0.3 is 14.8 Å². The normalized spacial score (nSPS) is 10.7. The highest BCUT2D eigenvalue weighted by Crippen LogP contribution is 2.36. The van der Waals surface area contributed by atoms with Gasteiger partial charge in [-0.05, 0) is 41.0 Å². The Morgan fingerprint density at radius 2 is 1.90 bits per heavy atom. The van der Waals surface area contributed by atoms with Gasteiger partial charge in [-0.2, -0.15) is 4.68 Å². The van der Waals surface area contributed by atoms with E-state index in [1.807, 2.05) is 12.1 Å². The van der Waals surface area contributed by atoms with Crippen LogP contribution in [-0.4, -0.2) is 46.1 Å². The largest absolute Gasteiger partial charge is 0.495 e. The molecule has 0 radical (unpaired) electrons. The molecule has 0 fully saturated rings. The van der Waals surface area contributed by atoms with Gasteiger partial charge in [0, 0.05) is 12.1 Å². The second kappa shape index (κ2) is 11.0. The number of nitrogens with zero attached hydrogens (tertiary/aromatic N) is 4. The topological polar surface area (TPSA) is 91.2 Å². The molecule has 8 nitrogen and oxygen atoms in total. The van der Waals surface area contributed by atoms with Crippen LogP contribution >= 0.6 is 23.4 Å². The van der Waals surface area contributed by atoms with Gasteiger partial charge in [-0.1, -0.05) is 48.8 Å². The van der Waals surface area contributed by atoms with Crippen LogP contribution in [0.15, 0.2) is 41.6 Å². The van der Waals surface area contributed by atoms with E-state index in [2.05, 4.69) is 39.9 Å². The number of aryl methyl sites for hydroxylation is 1. The average molecular weight is 462 g/mol. The molecule has 0 atom stereocenters. The molecule has 0 spiro atoms. The van der Waals surface area contributed by atoms with E-state index in [-0.39, 0.29) is 11.7 Å². The van der Waals surface area contributed by atoms with Gasteiger partial charge in [0.15, 0.2) is 0 Å². The zero-order valence-corrected chi connectivity index (χ0v) is 19.2. The molecular weight excluding hydrogens is 438 g/mol. The van der Waals surface area contributed by atoms with Crippen LogP contribution in [0.1, 0.15) is 25.3 Å². The van der Waals surface area contributed by atoms with Crippen molar-refractivity contribution < 1.29 is 14.3 Å². The number of aromatic nitrogens is 4. The standard InChI is InChI=1S/C21H24ClN5O3S/c1-4-5-6-14-7-9-15(10-8-14)27-21(24-25-26-27)31-13-20(28)23-17-12-18(29-2)16(22)11-19(17)30-3/h7-12H,4-6,13H2,1-3H3,(H,23,28). The lowest BCUT2D eigenvalue weighted by atomic mass is 10.1. The van der Waals surface area contributed by atoms with Gasteiger partial charge in [0.1, 0.15) is 11.5 Å². The molecule has 164 valence electrons. The number of unbranched alkanes of at least 4 members (excludes halogenated alkanes) is 1. The van der Waals surface area contributed by atoms with E-state index in [4.69, 9.17) is 21.1 Å². The van der Waals surface area contributed by atoms with E-state index in [1.54, 1.807) is 16.8 Å². The SMILES string of the molecule is CCCCc1ccc(-n2nnnc2SCC(=O)Nc2cc(OC)c(Cl)cc2OC)cc1. The molecule has 3 aromatic rings. The summed E-state index contributed by atoms with van der Waals surface area (Å²) in [4.78, 5) is 12.5. The van der Waals surface area contributed by atoms with E-state index in [0.29, 0.717) is 27.4 Å². The van der Waals surface area contributed by atoms with Crippen molar-refractivity contribution in [3.8, 4) is 17.2 Å². The highest BCUT2D eigenvalue weighted by Gasteiger charge is 2.15. The van der Waals surface area contributed by atoms with Crippen molar-refractivity contribution in [3.05, 3.63) is 47.0 Å². The molecular formula is C21H24ClN5O3S. The van der Waals surface area contributed by atoms with Crippen molar-refractivity contribution in [3.63, 3.8) is 0 Å². The van der Waals surface area contributed by atoms with Crippen molar-refractivity contribution in [1.82, 2.24) is 20.2 Å². The number of hydrogen-bond acceptors (Lipinski definition) is 7. The molecule has 0 aliphatic heterocycles. The Morgan fingerprint density at radius 1 is 1.16 bits per heavy atom. The summed E-state index contributed by atoms with van der Waals surface area (Å²) in [5.74, 6) is 0.759. The first-order valence-corrected chi connectivity index (χ1v) is 11.1. The maximum absolute atomic E-state index is 12.5. The maximum Gasteiger partial charge on any atom is 0.234 e. The minimum Gasteiger partial charge on any atom is -0.495 e. The van der Waals surface area contributed by atoms with Crippen LogP contribution in [0.2, 0.25) is 5.02 Å². The molecule has 1 heterocycles. The number of benzene rings is 2. The van der Waals surface area contributed by atoms with Crippen LogP contribution in [0.3, 0.4) is 0 Å². The summed E-state index contributed by atoms with van der Waals surface area (Å²) in [6.45, 7) is 2.18. The van der Waals surface area contributed by atoms with Crippen LogP contribution in [0.4, 0.5) is 5.69 Å². The molecule has 0 saturated carbocycles. The second-order valence-corrected chi connectivity index (χ2v) is 8.02. The molecule has 0 bridgehead atoms. The molecule has 0 aliphatic carbocycles. The van der Waals surface area contributed by atoms with Gasteiger partial charge in [0.25, 0.3) is 0 Å². The average Bonchev–Trinajstić information content (AvgIpc) is 3.26. The number of hydrogen-bond donors (Lipinski definition) is 1. The number of nitrogens with one attached hydrogen (secondary N) is 1. The summed E-state index contributed by atoms with van der Waals surface area (Å²) < 4.78 is 12.1. The predicted octanol–water partition coefficient (Wildman–Crippen LogP) is 4.41. The first kappa shape index (κ1) is 22.9. The molecule has 1 amide bonds. The smallest absolute Gasteiger partial charge is 0.234 e. The van der Waals surface area contributed by atoms with Gasteiger partial charge in [0.2, 0.25) is 11.1 Å². The lowest BCUT2D eigenvalue weighted by Gasteiger charge is -2.13. The summed E-state index contributed by atoms with van der Waals surface area (Å²) in [6.07, 6.45) is 3.37. The molecule has 1 aromatic heterocycles. The third-order valence-electron chi connectivity index (χ3n) is 4.52. The Labute approximate surface area is 190 Å². The zero-order chi connectivity index (χ0) is 22.2. The van der Waals surface area contributed by atoms with Gasteiger partial charge >= 0.3 is 0 Å². The molecule has 31 heavy (non-hydrogen) atoms. The first-order valence-electron chi connectivity index (χ1n) is 9.77. The molecule has 3 rings (SSSR count). The van der Waals surface area contributed by atoms with E-state index in [9.17, 15) is 4.79 Å². The summed E-state index contributed by atoms with van der Waals surface area (Å²) in [5.41, 5.74) is 2.59. The Balaban J connectivity index is 1.65. The molecule has 10 heteroatoms. The van der Waals surface area contributed by atoms with Gasteiger partial charge in [-0.3, -0.25) is 4.79 Å². The fourth-order valence-electron chi connectivity index (χ4n) is 2.89. The number of thioether (sulfide) groups is 1. The first-order chi connectivity index (χ1) is 15.0. The van der Waals surface area contributed by atoms with Crippen LogP contribution in [-0.2, 0) is 11.2 Å². The molecule has 1 N–H and O–H groups in total. The number of carbonyl (C=O) groups is 1. The summed E-state index contributed by atoms with van der Waals surface area (Å²) >= 11 is 7.35. The minimum atomic E-state index is -0.239. The lowest BCUT2D eigenvalue weighted by molar-refractivity contribution is -0.113. The number of amides is 1. The number of tetrazole rings is 1. The van der Waals surface area contributed by atoms with Gasteiger partial charge in [-0.15, -0.1) is 5.10 Å². The minimum absolute atomic E-state index is 0.114. The monoisotopic (exact) mass is 461 g/mol. The third kappa shape index (κ3) is 5.89. The number of rotatable bonds is 10. The molecule has 0 aliphatic rings. The zero-order valence-electron chi connectivity index (χ0n) is 17.6. The fourth-order valence-corrected chi connectivity index (χ4v) is 3.81. The van der Waals surface area contributed by atoms with Gasteiger partial charge in [0.05, 0.1) is 36.4 Å². The Kier molecular flexibility index (Phi) is 8.13. The molecule has 0 saturated heterocycles. The van der Waals surface area contributed by atoms with E-state index in [1.165, 1.54) is 31.5 Å². The van der Waals surface area contributed by atoms with Crippen LogP contribution in [0, 0.1) is 0 Å². The maximum atomic E-state index is 12.5. The third-order valence-corrected chi connectivity index (χ3v) is 5.74. The number of carbonyl (C=O) groups excluding carboxylic acids is 1. The predicted molar refractivity (Wildman–Crippen MR) is 122 cm³/mol. The van der Waals surface area contributed by atoms with E-state index in [0.717, 1.165) is 24.9 Å². The van der Waals surface area contributed by atoms with E-state index < -0.39 is 0 Å². The Morgan fingerprint density at radius 3 is 2.58 bits per heavy atom. The number of methoxy groups -OCH3 is 2. The molecule has 2 aromatic carbocycles. The Hall–Kier alpha value is -2.78. The summed E-state index contributed by atoms with van der Waals surface area (Å²) in [5, 5.41) is 15.6. The van der Waals surface area contributed by atoms with Crippen LogP contribution in [0.25, 0.3) is 5.69 Å². The van der Waals surface area contributed by atoms with E-state index >= 15 is 0 Å². The van der Waals surface area contributed by atoms with Crippen molar-refractivity contribution >= 4 is 35.0 Å². The lowest BCUT2D eigenvalue weighted by Crippen LogP contribution is -2.15. The van der Waals surface area contributed by atoms with Crippen LogP contribution in [0.5, 0.6) is 11.5 Å². The number of halogens is 1. The summed E-state index contributed by atoms with van der Waals surface area (Å²) in [7, 11) is 3.01. The van der Waals surface area contributed by atoms with Crippen molar-refractivity contribution in [2.75, 3.05) is 25.3 Å². The summed E-state index contributed by atoms with van der Waals surface area (Å²) in [6, 6.07) is 11.3. The van der Waals surface area contributed by atoms with Crippen molar-refractivity contribution in [1.29, 1.82) is 0 Å². The number of ether oxygens (including phenoxy) is 2. The quantitative estimate of drug-likeness (QED) is 0.447. The van der Waals surface area contributed by atoms with Crippen molar-refractivity contribution in [2.45, 2.75) is 31.3 Å². The Bertz CT molecular complexity index is 1030. The highest BCUT2D eigenvalue weighted by molar-refractivity contribution is 7.99. The van der Waals surface area contributed by atoms with Crippen molar-refractivity contribution in [2.24, 2.45) is 0 Å². The fraction of sp³-hybridized carbons (Fsp3) is 0.333. The van der Waals surface area contributed by atoms with Crippen LogP contribution < -0.4 is 14.8 Å². The highest BCUT2D eigenvalue weighted by atomic mass is 35.5. The molecule has 0 unspecified atom stereocenters.